The molecule has 8 rings (SSSR count). The number of ketones is 2. The molecule has 72 heavy (non-hydrogen) atoms. The first-order valence-corrected chi connectivity index (χ1v) is 26.8. The third kappa shape index (κ3) is 9.79. The van der Waals surface area contributed by atoms with Gasteiger partial charge in [0.25, 0.3) is 11.8 Å². The van der Waals surface area contributed by atoms with Gasteiger partial charge in [0.1, 0.15) is 21.6 Å². The highest BCUT2D eigenvalue weighted by Gasteiger charge is 2.79. The maximum absolute atomic E-state index is 17.9. The number of hydrogen-bond acceptors (Lipinski definition) is 14. The number of carboxylic acids is 1. The number of aliphatic hydroxyl groups is 1. The molecule has 386 valence electrons. The molecule has 6 aliphatic rings. The van der Waals surface area contributed by atoms with Crippen LogP contribution in [0.2, 0.25) is 0 Å². The molecule has 20 nitrogen and oxygen atoms in total. The molecule has 0 bridgehead atoms. The second-order valence-corrected chi connectivity index (χ2v) is 23.0. The van der Waals surface area contributed by atoms with E-state index in [9.17, 15) is 62.9 Å². The number of aliphatic hydroxyl groups excluding tert-OH is 1. The molecule has 4 aliphatic carbocycles. The number of phosphoric acid groups is 1. The van der Waals surface area contributed by atoms with Gasteiger partial charge in [0.05, 0.1) is 18.8 Å². The van der Waals surface area contributed by atoms with Crippen molar-refractivity contribution in [1.82, 2.24) is 15.5 Å². The van der Waals surface area contributed by atoms with Crippen molar-refractivity contribution in [3.63, 3.8) is 0 Å². The molecule has 0 unspecified atom stereocenters. The molecule has 3 saturated carbocycles. The van der Waals surface area contributed by atoms with Crippen LogP contribution >= 0.6 is 51.0 Å². The van der Waals surface area contributed by atoms with Gasteiger partial charge in [-0.1, -0.05) is 30.7 Å². The number of carboxylic acid groups (broad SMARTS) is 1. The average molecular weight is 1170 g/mol. The first-order valence-electron chi connectivity index (χ1n) is 22.9. The highest BCUT2D eigenvalue weighted by Crippen LogP contribution is 2.72. The Morgan fingerprint density at radius 1 is 1.03 bits per heavy atom. The minimum Gasteiger partial charge on any atom is -0.481 e. The van der Waals surface area contributed by atoms with E-state index in [4.69, 9.17) is 14.0 Å². The summed E-state index contributed by atoms with van der Waals surface area (Å²) in [5.41, 5.74) is -4.49. The quantitative estimate of drug-likeness (QED) is 0.0808. The maximum Gasteiger partial charge on any atom is 0.470 e. The minimum atomic E-state index is -5.13. The van der Waals surface area contributed by atoms with E-state index < -0.39 is 127 Å². The van der Waals surface area contributed by atoms with E-state index in [2.05, 4.69) is 47.8 Å². The second-order valence-electron chi connectivity index (χ2n) is 19.2. The van der Waals surface area contributed by atoms with Gasteiger partial charge in [-0.15, -0.1) is 11.3 Å². The Kier molecular flexibility index (Phi) is 15.1. The number of alkyl halides is 1. The average Bonchev–Trinajstić information content (AvgIpc) is 4.05. The van der Waals surface area contributed by atoms with Gasteiger partial charge in [0.2, 0.25) is 17.7 Å². The summed E-state index contributed by atoms with van der Waals surface area (Å²) in [4.78, 5) is 122. The van der Waals surface area contributed by atoms with Crippen molar-refractivity contribution in [2.75, 3.05) is 25.0 Å². The van der Waals surface area contributed by atoms with Crippen molar-refractivity contribution in [2.24, 2.45) is 22.7 Å². The van der Waals surface area contributed by atoms with Crippen LogP contribution in [0.1, 0.15) is 81.1 Å². The van der Waals surface area contributed by atoms with Gasteiger partial charge in [-0.05, 0) is 118 Å². The number of rotatable bonds is 18. The van der Waals surface area contributed by atoms with Crippen LogP contribution in [0, 0.1) is 22.7 Å². The predicted octanol–water partition coefficient (Wildman–Crippen LogP) is 4.32. The molecule has 1 aromatic carbocycles. The van der Waals surface area contributed by atoms with Crippen molar-refractivity contribution in [3.8, 4) is 0 Å². The zero-order chi connectivity index (χ0) is 52.3. The summed E-state index contributed by atoms with van der Waals surface area (Å²) in [6.45, 7) is 1.52. The first-order chi connectivity index (χ1) is 33.8. The molecule has 3 heterocycles. The van der Waals surface area contributed by atoms with Gasteiger partial charge in [0, 0.05) is 58.7 Å². The van der Waals surface area contributed by atoms with Crippen LogP contribution in [0.15, 0.2) is 68.5 Å². The molecule has 4 fully saturated rings. The van der Waals surface area contributed by atoms with Crippen molar-refractivity contribution in [1.29, 1.82) is 0 Å². The molecular weight excluding hydrogens is 1120 g/mol. The topological polar surface area (TPSA) is 302 Å². The van der Waals surface area contributed by atoms with E-state index in [0.717, 1.165) is 15.3 Å². The fourth-order valence-electron chi connectivity index (χ4n) is 11.6. The summed E-state index contributed by atoms with van der Waals surface area (Å²) in [6.07, 6.45) is 0.305. The number of amides is 5. The number of halogens is 3. The van der Waals surface area contributed by atoms with Gasteiger partial charge >= 0.3 is 13.8 Å². The number of fused-ring (bicyclic) bond motifs is 7. The summed E-state index contributed by atoms with van der Waals surface area (Å²) in [7, 11) is -5.13. The number of thiophene rings is 1. The summed E-state index contributed by atoms with van der Waals surface area (Å²) >= 11 is 7.35. The third-order valence-electron chi connectivity index (χ3n) is 15.1. The minimum absolute atomic E-state index is 0.0166. The molecule has 0 radical (unpaired) electrons. The summed E-state index contributed by atoms with van der Waals surface area (Å²) in [5, 5.41) is 30.4. The number of benzene rings is 1. The molecule has 1 saturated heterocycles. The number of nitrogens with one attached hydrogen (secondary N) is 3. The van der Waals surface area contributed by atoms with Gasteiger partial charge in [-0.2, -0.15) is 0 Å². The lowest BCUT2D eigenvalue weighted by Crippen LogP contribution is -2.69. The second kappa shape index (κ2) is 20.2. The van der Waals surface area contributed by atoms with Crippen molar-refractivity contribution in [3.05, 3.63) is 84.5 Å². The number of aliphatic carboxylic acids is 1. The highest BCUT2D eigenvalue weighted by atomic mass is 79.9. The van der Waals surface area contributed by atoms with Crippen LogP contribution in [-0.4, -0.2) is 121 Å². The summed E-state index contributed by atoms with van der Waals surface area (Å²) in [6, 6.07) is 7.19. The fraction of sp³-hybridized carbons (Fsp3) is 0.489. The fourth-order valence-corrected chi connectivity index (χ4v) is 13.6. The van der Waals surface area contributed by atoms with Crippen LogP contribution in [-0.2, 0) is 63.3 Å². The molecule has 0 spiro atoms. The molecule has 5 amide bonds. The smallest absolute Gasteiger partial charge is 0.470 e. The van der Waals surface area contributed by atoms with Gasteiger partial charge in [0.15, 0.2) is 29.1 Å². The van der Waals surface area contributed by atoms with E-state index in [1.54, 1.807) is 43.5 Å². The lowest BCUT2D eigenvalue weighted by atomic mass is 9.44. The lowest BCUT2D eigenvalue weighted by molar-refractivity contribution is -0.231. The summed E-state index contributed by atoms with van der Waals surface area (Å²) < 4.78 is 47.7. The molecule has 2 aliphatic heterocycles. The van der Waals surface area contributed by atoms with Crippen LogP contribution < -0.4 is 16.0 Å². The Hall–Kier alpha value is -4.62. The molecule has 1 aromatic heterocycles. The number of anilines is 1. The van der Waals surface area contributed by atoms with E-state index in [1.165, 1.54) is 29.6 Å². The van der Waals surface area contributed by atoms with E-state index in [1.807, 2.05) is 6.07 Å². The Labute approximate surface area is 431 Å². The summed E-state index contributed by atoms with van der Waals surface area (Å²) in [5.74, 6) is -7.15. The number of carbonyl (C=O) groups excluding carboxylic acids is 7. The molecule has 25 heteroatoms. The Morgan fingerprint density at radius 2 is 1.72 bits per heavy atom. The molecule has 7 N–H and O–H groups in total. The van der Waals surface area contributed by atoms with Crippen molar-refractivity contribution >= 4 is 104 Å². The SMILES string of the molecule is C[C@]12C=CC(=O)C=C1CC[C@H]1[C@@H]3C[C@H]4O[C@@H](c5csc(Cc6ccc(NC(=O)[C@H](CCC(=O)O)NC(=O)CNC(=O)CCN7C(=O)C(Br)=C(Br)C7=O)cc6)c5)O[C@@]4(C(=O)COP(=O)(O)O)[C@@]3(C)C[C@H](O)[C@@]12F. The van der Waals surface area contributed by atoms with Crippen LogP contribution in [0.5, 0.6) is 0 Å². The molecule has 2 aromatic rings. The Bertz CT molecular complexity index is 2760. The van der Waals surface area contributed by atoms with Crippen LogP contribution in [0.25, 0.3) is 0 Å². The van der Waals surface area contributed by atoms with Gasteiger partial charge in [-0.25, -0.2) is 8.96 Å². The monoisotopic (exact) mass is 1170 g/mol. The van der Waals surface area contributed by atoms with Crippen LogP contribution in [0.4, 0.5) is 10.1 Å². The largest absolute Gasteiger partial charge is 0.481 e. The zero-order valence-electron chi connectivity index (χ0n) is 38.6. The number of imide groups is 1. The number of Topliss-reactive ketones (excluding diaryl/α,β-unsaturated/α-hetero) is 1. The first kappa shape index (κ1) is 53.7. The lowest BCUT2D eigenvalue weighted by Gasteiger charge is -2.62. The predicted molar refractivity (Wildman–Crippen MR) is 258 cm³/mol. The number of hydrogen-bond donors (Lipinski definition) is 7. The van der Waals surface area contributed by atoms with E-state index in [-0.39, 0.29) is 53.4 Å². The Balaban J connectivity index is 0.905. The molecular formula is C47H50Br2FN4O16PS. The number of nitrogens with zero attached hydrogens (tertiary/aromatic N) is 1. The standard InChI is InChI=1S/C47H50Br2FN4O16PS/c1-44-13-11-27(55)17-25(44)5-8-29-30-18-34-47(33(57)21-68-71(65,66)67,45(30,2)19-32(56)46(29,44)50)70-43(69-34)24-16-28(72-22-24)15-23-3-6-26(7-4-23)52-40(62)31(9-10-37(60)61)53-36(59)20-51-35(58)12-14-54-41(63)38(48)39(49)42(54)64/h3-4,6-7,11,13,16-17,22,29-32,34,43,56H,5,8-10,12,14-15,18-21H2,1-2H3,(H,51,58)(H,52,62)(H,53,59)(H,60,61)(H2,65,66,67)/t29-,30-,31-,32-,34+,43+,44-,45-,46-,47+/m0/s1. The number of ether oxygens (including phenoxy) is 2. The Morgan fingerprint density at radius 3 is 2.39 bits per heavy atom. The van der Waals surface area contributed by atoms with Gasteiger partial charge in [-0.3, -0.25) is 47.8 Å². The maximum atomic E-state index is 17.9. The third-order valence-corrected chi connectivity index (χ3v) is 18.5. The van der Waals surface area contributed by atoms with Crippen LogP contribution in [0.3, 0.4) is 0 Å². The van der Waals surface area contributed by atoms with E-state index >= 15 is 4.39 Å². The van der Waals surface area contributed by atoms with Crippen molar-refractivity contribution < 1.29 is 81.3 Å². The number of phosphoric ester groups is 1. The van der Waals surface area contributed by atoms with E-state index in [0.29, 0.717) is 29.7 Å². The number of allylic oxidation sites excluding steroid dienone is 4. The molecule has 10 atom stereocenters. The number of carbonyl (C=O) groups is 8. The normalized spacial score (nSPS) is 31.1. The van der Waals surface area contributed by atoms with Crippen molar-refractivity contribution in [2.45, 2.75) is 101 Å². The van der Waals surface area contributed by atoms with Gasteiger partial charge < -0.3 is 45.4 Å². The zero-order valence-corrected chi connectivity index (χ0v) is 43.4. The highest BCUT2D eigenvalue weighted by molar-refractivity contribution is 9.14.